The second-order valence-corrected chi connectivity index (χ2v) is 7.15. The molecule has 0 saturated carbocycles. The molecule has 0 aliphatic rings. The summed E-state index contributed by atoms with van der Waals surface area (Å²) < 4.78 is 21.9. The lowest BCUT2D eigenvalue weighted by Gasteiger charge is -2.05. The van der Waals surface area contributed by atoms with Gasteiger partial charge in [0.1, 0.15) is 15.5 Å². The smallest absolute Gasteiger partial charge is 0.292 e. The lowest BCUT2D eigenvalue weighted by atomic mass is 10.2. The molecule has 0 bridgehead atoms. The summed E-state index contributed by atoms with van der Waals surface area (Å²) in [6, 6.07) is 4.62. The summed E-state index contributed by atoms with van der Waals surface area (Å²) in [5.41, 5.74) is 6.37. The van der Waals surface area contributed by atoms with E-state index in [0.717, 1.165) is 0 Å². The Labute approximate surface area is 110 Å². The van der Waals surface area contributed by atoms with Crippen LogP contribution < -0.4 is 5.73 Å². The quantitative estimate of drug-likeness (QED) is 0.368. The molecule has 1 rings (SSSR count). The summed E-state index contributed by atoms with van der Waals surface area (Å²) >= 11 is 1.39. The van der Waals surface area contributed by atoms with Crippen molar-refractivity contribution in [2.75, 3.05) is 23.5 Å². The number of para-hydroxylation sites is 1. The predicted octanol–water partition coefficient (Wildman–Crippen LogP) is 1.45. The summed E-state index contributed by atoms with van der Waals surface area (Å²) in [4.78, 5) is 10.1. The average molecular weight is 290 g/mol. The highest BCUT2D eigenvalue weighted by atomic mass is 32.2. The molecule has 8 heteroatoms. The Morgan fingerprint density at radius 3 is 2.67 bits per heavy atom. The van der Waals surface area contributed by atoms with E-state index in [1.807, 2.05) is 0 Å². The van der Waals surface area contributed by atoms with E-state index in [2.05, 4.69) is 0 Å². The normalized spacial score (nSPS) is 11.4. The minimum Gasteiger partial charge on any atom is -0.393 e. The number of nitro benzene ring substituents is 1. The van der Waals surface area contributed by atoms with Gasteiger partial charge in [0.05, 0.1) is 10.7 Å². The molecule has 0 unspecified atom stereocenters. The molecule has 0 amide bonds. The van der Waals surface area contributed by atoms with Crippen LogP contribution in [0.25, 0.3) is 0 Å². The fourth-order valence-electron chi connectivity index (χ4n) is 1.28. The molecule has 0 atom stereocenters. The molecular formula is C10H14N2O4S2. The maximum absolute atomic E-state index is 10.9. The van der Waals surface area contributed by atoms with Gasteiger partial charge in [0.2, 0.25) is 0 Å². The van der Waals surface area contributed by atoms with Crippen LogP contribution in [0.1, 0.15) is 5.56 Å². The number of nitrogen functional groups attached to an aromatic ring is 1. The van der Waals surface area contributed by atoms with E-state index >= 15 is 0 Å². The molecule has 1 aromatic carbocycles. The van der Waals surface area contributed by atoms with Gasteiger partial charge >= 0.3 is 0 Å². The summed E-state index contributed by atoms with van der Waals surface area (Å²) in [5.74, 6) is 0.997. The molecule has 100 valence electrons. The maximum Gasteiger partial charge on any atom is 0.292 e. The maximum atomic E-state index is 10.9. The standard InChI is InChI=1S/C10H14N2O4S2/c1-18(15,16)6-5-17-7-8-3-2-4-9(10(8)11)12(13)14/h2-4H,5-7,11H2,1H3. The van der Waals surface area contributed by atoms with Crippen LogP contribution in [0.4, 0.5) is 11.4 Å². The van der Waals surface area contributed by atoms with Gasteiger partial charge in [0, 0.05) is 23.8 Å². The molecule has 0 heterocycles. The minimum absolute atomic E-state index is 0.0898. The molecule has 0 spiro atoms. The molecule has 0 aliphatic carbocycles. The van der Waals surface area contributed by atoms with E-state index in [4.69, 9.17) is 5.73 Å². The van der Waals surface area contributed by atoms with Crippen molar-refractivity contribution in [3.63, 3.8) is 0 Å². The molecule has 0 fully saturated rings. The number of sulfone groups is 1. The lowest BCUT2D eigenvalue weighted by molar-refractivity contribution is -0.383. The number of nitro groups is 1. The van der Waals surface area contributed by atoms with Crippen molar-refractivity contribution in [1.82, 2.24) is 0 Å². The first-order chi connectivity index (χ1) is 8.31. The zero-order valence-corrected chi connectivity index (χ0v) is 11.5. The van der Waals surface area contributed by atoms with Crippen LogP contribution in [0, 0.1) is 10.1 Å². The highest BCUT2D eigenvalue weighted by molar-refractivity contribution is 7.99. The number of nitrogens with zero attached hydrogens (tertiary/aromatic N) is 1. The van der Waals surface area contributed by atoms with Gasteiger partial charge in [-0.05, 0) is 5.56 Å². The van der Waals surface area contributed by atoms with Crippen LogP contribution in [0.3, 0.4) is 0 Å². The summed E-state index contributed by atoms with van der Waals surface area (Å²) in [6.07, 6.45) is 1.18. The molecule has 0 aromatic heterocycles. The molecule has 2 N–H and O–H groups in total. The number of benzene rings is 1. The third-order valence-electron chi connectivity index (χ3n) is 2.23. The molecule has 0 saturated heterocycles. The van der Waals surface area contributed by atoms with Crippen LogP contribution in [0.2, 0.25) is 0 Å². The Hall–Kier alpha value is -1.28. The van der Waals surface area contributed by atoms with Crippen molar-refractivity contribution < 1.29 is 13.3 Å². The number of anilines is 1. The van der Waals surface area contributed by atoms with Crippen LogP contribution in [-0.4, -0.2) is 31.1 Å². The third kappa shape index (κ3) is 4.53. The van der Waals surface area contributed by atoms with E-state index in [0.29, 0.717) is 17.1 Å². The van der Waals surface area contributed by atoms with Crippen molar-refractivity contribution in [3.05, 3.63) is 33.9 Å². The SMILES string of the molecule is CS(=O)(=O)CCSCc1cccc([N+](=O)[O-])c1N. The Bertz CT molecular complexity index is 543. The van der Waals surface area contributed by atoms with Crippen LogP contribution in [-0.2, 0) is 15.6 Å². The second kappa shape index (κ2) is 6.05. The van der Waals surface area contributed by atoms with E-state index < -0.39 is 14.8 Å². The van der Waals surface area contributed by atoms with Crippen molar-refractivity contribution >= 4 is 33.0 Å². The Balaban J connectivity index is 2.63. The average Bonchev–Trinajstić information content (AvgIpc) is 2.24. The van der Waals surface area contributed by atoms with Crippen LogP contribution in [0.15, 0.2) is 18.2 Å². The van der Waals surface area contributed by atoms with E-state index in [1.165, 1.54) is 24.1 Å². The second-order valence-electron chi connectivity index (χ2n) is 3.79. The lowest BCUT2D eigenvalue weighted by Crippen LogP contribution is -2.05. The zero-order chi connectivity index (χ0) is 13.8. The fourth-order valence-corrected chi connectivity index (χ4v) is 3.58. The number of hydrogen-bond acceptors (Lipinski definition) is 6. The van der Waals surface area contributed by atoms with Gasteiger partial charge in [-0.2, -0.15) is 11.8 Å². The van der Waals surface area contributed by atoms with Crippen LogP contribution in [0.5, 0.6) is 0 Å². The molecule has 6 nitrogen and oxygen atoms in total. The third-order valence-corrected chi connectivity index (χ3v) is 4.44. The molecular weight excluding hydrogens is 276 g/mol. The van der Waals surface area contributed by atoms with Gasteiger partial charge in [-0.25, -0.2) is 8.42 Å². The zero-order valence-electron chi connectivity index (χ0n) is 9.83. The molecule has 18 heavy (non-hydrogen) atoms. The first kappa shape index (κ1) is 14.8. The summed E-state index contributed by atoms with van der Waals surface area (Å²) in [6.45, 7) is 0. The molecule has 0 aliphatic heterocycles. The van der Waals surface area contributed by atoms with Crippen LogP contribution >= 0.6 is 11.8 Å². The van der Waals surface area contributed by atoms with E-state index in [-0.39, 0.29) is 17.1 Å². The monoisotopic (exact) mass is 290 g/mol. The first-order valence-electron chi connectivity index (χ1n) is 5.08. The predicted molar refractivity (Wildman–Crippen MR) is 73.4 cm³/mol. The van der Waals surface area contributed by atoms with Crippen molar-refractivity contribution in [1.29, 1.82) is 0 Å². The highest BCUT2D eigenvalue weighted by Gasteiger charge is 2.14. The van der Waals surface area contributed by atoms with Gasteiger partial charge in [-0.3, -0.25) is 10.1 Å². The van der Waals surface area contributed by atoms with Crippen molar-refractivity contribution in [2.45, 2.75) is 5.75 Å². The summed E-state index contributed by atoms with van der Waals surface area (Å²) in [7, 11) is -2.97. The number of hydrogen-bond donors (Lipinski definition) is 1. The number of nitrogens with two attached hydrogens (primary N) is 1. The topological polar surface area (TPSA) is 103 Å². The van der Waals surface area contributed by atoms with Crippen molar-refractivity contribution in [2.24, 2.45) is 0 Å². The first-order valence-corrected chi connectivity index (χ1v) is 8.30. The minimum atomic E-state index is -2.97. The van der Waals surface area contributed by atoms with E-state index in [9.17, 15) is 18.5 Å². The Kier molecular flexibility index (Phi) is 4.97. The number of rotatable bonds is 6. The van der Waals surface area contributed by atoms with Gasteiger partial charge < -0.3 is 5.73 Å². The van der Waals surface area contributed by atoms with Crippen molar-refractivity contribution in [3.8, 4) is 0 Å². The fraction of sp³-hybridized carbons (Fsp3) is 0.400. The Morgan fingerprint density at radius 2 is 2.11 bits per heavy atom. The molecule has 0 radical (unpaired) electrons. The van der Waals surface area contributed by atoms with Gasteiger partial charge in [-0.1, -0.05) is 12.1 Å². The number of thioether (sulfide) groups is 1. The van der Waals surface area contributed by atoms with Gasteiger partial charge in [0.15, 0.2) is 0 Å². The van der Waals surface area contributed by atoms with E-state index in [1.54, 1.807) is 12.1 Å². The van der Waals surface area contributed by atoms with Gasteiger partial charge in [0.25, 0.3) is 5.69 Å². The largest absolute Gasteiger partial charge is 0.393 e. The Morgan fingerprint density at radius 1 is 1.44 bits per heavy atom. The summed E-state index contributed by atoms with van der Waals surface area (Å²) in [5, 5.41) is 10.7. The van der Waals surface area contributed by atoms with Gasteiger partial charge in [-0.15, -0.1) is 0 Å². The molecule has 1 aromatic rings. The highest BCUT2D eigenvalue weighted by Crippen LogP contribution is 2.27.